The van der Waals surface area contributed by atoms with Gasteiger partial charge in [0.2, 0.25) is 0 Å². The predicted molar refractivity (Wildman–Crippen MR) is 203 cm³/mol. The fourth-order valence-corrected chi connectivity index (χ4v) is 7.47. The lowest BCUT2D eigenvalue weighted by Crippen LogP contribution is -2.55. The van der Waals surface area contributed by atoms with E-state index in [0.717, 1.165) is 40.5 Å². The molecule has 1 unspecified atom stereocenters. The van der Waals surface area contributed by atoms with E-state index in [4.69, 9.17) is 0 Å². The van der Waals surface area contributed by atoms with Crippen molar-refractivity contribution >= 4 is 29.8 Å². The van der Waals surface area contributed by atoms with E-state index in [1.165, 1.54) is 6.07 Å². The Labute approximate surface area is 322 Å². The number of hydrogen-bond acceptors (Lipinski definition) is 4. The Bertz CT molecular complexity index is 2250. The zero-order valence-electron chi connectivity index (χ0n) is 32.0. The van der Waals surface area contributed by atoms with Gasteiger partial charge in [0, 0.05) is 36.8 Å². The Morgan fingerprint density at radius 2 is 1.16 bits per heavy atom. The number of halogens is 4. The van der Waals surface area contributed by atoms with Gasteiger partial charge in [0.1, 0.15) is 22.7 Å². The first kappa shape index (κ1) is 41.4. The second-order valence-corrected chi connectivity index (χ2v) is 15.3. The largest absolute Gasteiger partial charge is 0.479 e. The minimum absolute atomic E-state index is 0.00327. The van der Waals surface area contributed by atoms with Crippen molar-refractivity contribution < 1.29 is 47.0 Å². The normalized spacial score (nSPS) is 16.3. The summed E-state index contributed by atoms with van der Waals surface area (Å²) < 4.78 is 55.9. The van der Waals surface area contributed by atoms with Crippen LogP contribution in [-0.4, -0.2) is 45.0 Å². The first-order valence-electron chi connectivity index (χ1n) is 18.2. The lowest BCUT2D eigenvalue weighted by molar-refractivity contribution is -0.144. The number of carbonyl (C=O) groups is 4. The zero-order chi connectivity index (χ0) is 41.3. The molecule has 2 amide bonds. The van der Waals surface area contributed by atoms with Gasteiger partial charge in [-0.15, -0.1) is 0 Å². The molecule has 1 atom stereocenters. The number of aliphatic carboxylic acids is 2. The molecule has 56 heavy (non-hydrogen) atoms. The van der Waals surface area contributed by atoms with Crippen LogP contribution in [0.25, 0.3) is 6.08 Å². The van der Waals surface area contributed by atoms with Crippen LogP contribution in [-0.2, 0) is 41.7 Å². The van der Waals surface area contributed by atoms with Crippen LogP contribution in [0, 0.1) is 43.0 Å². The molecule has 4 aromatic rings. The molecule has 4 aromatic carbocycles. The predicted octanol–water partition coefficient (Wildman–Crippen LogP) is 7.87. The molecule has 0 aliphatic heterocycles. The Kier molecular flexibility index (Phi) is 11.9. The molecule has 0 spiro atoms. The topological polar surface area (TPSA) is 133 Å². The lowest BCUT2D eigenvalue weighted by Gasteiger charge is -2.26. The maximum atomic E-state index is 14.1. The van der Waals surface area contributed by atoms with Crippen LogP contribution in [0.2, 0.25) is 0 Å². The third kappa shape index (κ3) is 8.24. The van der Waals surface area contributed by atoms with E-state index in [-0.39, 0.29) is 42.4 Å². The van der Waals surface area contributed by atoms with Crippen LogP contribution in [0.4, 0.5) is 17.6 Å². The summed E-state index contributed by atoms with van der Waals surface area (Å²) in [6.45, 7) is 11.6. The summed E-state index contributed by atoms with van der Waals surface area (Å²) in [6.07, 6.45) is 1.52. The number of hydrogen-bond donors (Lipinski definition) is 4. The molecule has 0 radical (unpaired) electrons. The third-order valence-electron chi connectivity index (χ3n) is 10.3. The number of amides is 2. The smallest absolute Gasteiger partial charge is 0.330 e. The number of aryl methyl sites for hydroxylation is 2. The molecule has 6 rings (SSSR count). The van der Waals surface area contributed by atoms with Gasteiger partial charge in [-0.2, -0.15) is 0 Å². The number of benzene rings is 4. The van der Waals surface area contributed by atoms with E-state index in [9.17, 15) is 47.0 Å². The highest BCUT2D eigenvalue weighted by Gasteiger charge is 2.49. The molecule has 12 heteroatoms. The molecule has 2 aliphatic carbocycles. The highest BCUT2D eigenvalue weighted by atomic mass is 19.2. The molecular formula is C44H44F4N2O6. The Hall–Kier alpha value is -5.78. The van der Waals surface area contributed by atoms with Gasteiger partial charge in [0.15, 0.2) is 11.6 Å². The van der Waals surface area contributed by atoms with E-state index in [0.29, 0.717) is 34.6 Å². The molecule has 2 aliphatic rings. The molecule has 4 N–H and O–H groups in total. The summed E-state index contributed by atoms with van der Waals surface area (Å²) in [5.41, 5.74) is 1.98. The van der Waals surface area contributed by atoms with Gasteiger partial charge in [0.25, 0.3) is 11.8 Å². The van der Waals surface area contributed by atoms with Crippen LogP contribution < -0.4 is 10.6 Å². The van der Waals surface area contributed by atoms with Gasteiger partial charge in [-0.3, -0.25) is 9.59 Å². The molecule has 8 nitrogen and oxygen atoms in total. The van der Waals surface area contributed by atoms with Crippen molar-refractivity contribution in [2.24, 2.45) is 5.92 Å². The monoisotopic (exact) mass is 772 g/mol. The molecule has 0 saturated carbocycles. The number of carboxylic acids is 2. The van der Waals surface area contributed by atoms with E-state index in [2.05, 4.69) is 10.6 Å². The second kappa shape index (κ2) is 16.1. The first-order valence-corrected chi connectivity index (χ1v) is 18.2. The maximum Gasteiger partial charge on any atom is 0.330 e. The summed E-state index contributed by atoms with van der Waals surface area (Å²) in [7, 11) is 0. The summed E-state index contributed by atoms with van der Waals surface area (Å²) in [6, 6.07) is 14.8. The molecule has 0 heterocycles. The van der Waals surface area contributed by atoms with Crippen molar-refractivity contribution in [2.45, 2.75) is 84.7 Å². The van der Waals surface area contributed by atoms with E-state index in [1.54, 1.807) is 24.3 Å². The molecule has 0 fully saturated rings. The molecular weight excluding hydrogens is 728 g/mol. The van der Waals surface area contributed by atoms with Crippen LogP contribution in [0.5, 0.6) is 0 Å². The van der Waals surface area contributed by atoms with E-state index in [1.807, 2.05) is 59.8 Å². The van der Waals surface area contributed by atoms with Crippen LogP contribution in [0.15, 0.2) is 66.2 Å². The van der Waals surface area contributed by atoms with Crippen LogP contribution in [0.1, 0.15) is 92.9 Å². The number of carboxylic acid groups (broad SMARTS) is 2. The lowest BCUT2D eigenvalue weighted by atomic mass is 9.91. The van der Waals surface area contributed by atoms with Crippen LogP contribution >= 0.6 is 0 Å². The molecule has 0 saturated heterocycles. The van der Waals surface area contributed by atoms with Crippen molar-refractivity contribution in [1.29, 1.82) is 0 Å². The zero-order valence-corrected chi connectivity index (χ0v) is 32.0. The first-order chi connectivity index (χ1) is 26.3. The summed E-state index contributed by atoms with van der Waals surface area (Å²) in [4.78, 5) is 50.1. The number of allylic oxidation sites excluding steroid dienone is 1. The number of nitrogens with one attached hydrogen (secondary N) is 2. The molecule has 0 bridgehead atoms. The number of carbonyl (C=O) groups excluding carboxylic acids is 2. The molecule has 0 aromatic heterocycles. The van der Waals surface area contributed by atoms with Crippen molar-refractivity contribution in [3.8, 4) is 0 Å². The van der Waals surface area contributed by atoms with Crippen molar-refractivity contribution in [3.63, 3.8) is 0 Å². The fourth-order valence-electron chi connectivity index (χ4n) is 7.47. The van der Waals surface area contributed by atoms with Crippen molar-refractivity contribution in [2.75, 3.05) is 0 Å². The highest BCUT2D eigenvalue weighted by Crippen LogP contribution is 2.36. The average Bonchev–Trinajstić information content (AvgIpc) is 3.71. The van der Waals surface area contributed by atoms with Crippen molar-refractivity contribution in [3.05, 3.63) is 145 Å². The average molecular weight is 773 g/mol. The summed E-state index contributed by atoms with van der Waals surface area (Å²) >= 11 is 0. The van der Waals surface area contributed by atoms with Crippen molar-refractivity contribution in [1.82, 2.24) is 10.6 Å². The van der Waals surface area contributed by atoms with Gasteiger partial charge in [-0.1, -0.05) is 55.8 Å². The summed E-state index contributed by atoms with van der Waals surface area (Å²) in [5.74, 6) is -6.81. The SMILES string of the molecule is CC(C)=Cc1c(C)cccc1C(=O)NC1(C(=O)O)Cc2c(F)ccc(F)c2C1.Cc1cccc(C(=O)NC2(C(=O)O)Cc3ccc(F)c(F)c3C2)c1CC(C)C. The molecule has 294 valence electrons. The standard InChI is InChI=1S/C22H23F2NO3.C22H21F2NO3/c1-12(2)9-16-13(3)5-4-6-15(16)20(26)25-22(21(27)28)10-14-7-8-18(23)19(24)17(14)11-22;1-12(2)9-15-13(3)5-4-6-14(15)20(26)25-22(21(27)28)10-16-17(11-22)19(24)8-7-18(16)23/h4-8,12H,9-11H2,1-3H3,(H,25,26)(H,27,28);4-9H,10-11H2,1-3H3,(H,25,26)(H,27,28). The Morgan fingerprint density at radius 3 is 1.70 bits per heavy atom. The van der Waals surface area contributed by atoms with Gasteiger partial charge in [0.05, 0.1) is 0 Å². The third-order valence-corrected chi connectivity index (χ3v) is 10.3. The van der Waals surface area contributed by atoms with Crippen LogP contribution in [0.3, 0.4) is 0 Å². The number of fused-ring (bicyclic) bond motifs is 2. The van der Waals surface area contributed by atoms with E-state index >= 15 is 0 Å². The second-order valence-electron chi connectivity index (χ2n) is 15.3. The van der Waals surface area contributed by atoms with Gasteiger partial charge in [-0.05, 0) is 115 Å². The Morgan fingerprint density at radius 1 is 0.679 bits per heavy atom. The summed E-state index contributed by atoms with van der Waals surface area (Å²) in [5, 5.41) is 24.8. The Balaban J connectivity index is 0.000000214. The van der Waals surface area contributed by atoms with Gasteiger partial charge >= 0.3 is 11.9 Å². The minimum Gasteiger partial charge on any atom is -0.479 e. The minimum atomic E-state index is -1.80. The maximum absolute atomic E-state index is 14.1. The van der Waals surface area contributed by atoms with E-state index < -0.39 is 58.1 Å². The fraction of sp³-hybridized carbons (Fsp3) is 0.318. The number of rotatable bonds is 9. The quantitative estimate of drug-likeness (QED) is 0.128. The van der Waals surface area contributed by atoms with Gasteiger partial charge in [-0.25, -0.2) is 27.2 Å². The van der Waals surface area contributed by atoms with Gasteiger partial charge < -0.3 is 20.8 Å². The highest BCUT2D eigenvalue weighted by molar-refractivity contribution is 6.02.